The van der Waals surface area contributed by atoms with Crippen LogP contribution in [0.3, 0.4) is 0 Å². The second kappa shape index (κ2) is 4.20. The Morgan fingerprint density at radius 2 is 2.20 bits per heavy atom. The van der Waals surface area contributed by atoms with E-state index in [-0.39, 0.29) is 19.3 Å². The van der Waals surface area contributed by atoms with Gasteiger partial charge in [0.2, 0.25) is 6.79 Å². The Balaban J connectivity index is 2.13. The largest absolute Gasteiger partial charge is 0.454 e. The number of aliphatic hydroxyl groups is 1. The highest BCUT2D eigenvalue weighted by Gasteiger charge is 2.14. The average molecular weight is 205 g/mol. The Morgan fingerprint density at radius 1 is 1.40 bits per heavy atom. The van der Waals surface area contributed by atoms with E-state index in [0.717, 1.165) is 11.3 Å². The SMILES string of the molecule is N#CC(CO)Cc1ccc2c(c1)OCO2. The molecular formula is C11H11NO3. The minimum absolute atomic E-state index is 0.120. The summed E-state index contributed by atoms with van der Waals surface area (Å²) in [6.45, 7) is 0.130. The van der Waals surface area contributed by atoms with E-state index in [1.54, 1.807) is 0 Å². The summed E-state index contributed by atoms with van der Waals surface area (Å²) in [5.41, 5.74) is 0.972. The molecule has 1 aliphatic heterocycles. The molecule has 1 heterocycles. The van der Waals surface area contributed by atoms with Crippen LogP contribution in [-0.4, -0.2) is 18.5 Å². The number of hydrogen-bond donors (Lipinski definition) is 1. The van der Waals surface area contributed by atoms with Gasteiger partial charge in [-0.2, -0.15) is 5.26 Å². The first-order valence-corrected chi connectivity index (χ1v) is 4.72. The topological polar surface area (TPSA) is 62.5 Å². The Bertz CT molecular complexity index is 397. The zero-order valence-electron chi connectivity index (χ0n) is 8.14. The number of fused-ring (bicyclic) bond motifs is 1. The van der Waals surface area contributed by atoms with Gasteiger partial charge >= 0.3 is 0 Å². The summed E-state index contributed by atoms with van der Waals surface area (Å²) in [6.07, 6.45) is 0.531. The van der Waals surface area contributed by atoms with E-state index in [0.29, 0.717) is 12.2 Å². The van der Waals surface area contributed by atoms with Crippen molar-refractivity contribution in [2.24, 2.45) is 5.92 Å². The van der Waals surface area contributed by atoms with Crippen LogP contribution in [0.5, 0.6) is 11.5 Å². The lowest BCUT2D eigenvalue weighted by molar-refractivity contribution is 0.174. The summed E-state index contributed by atoms with van der Waals surface area (Å²) >= 11 is 0. The zero-order valence-corrected chi connectivity index (χ0v) is 8.14. The minimum Gasteiger partial charge on any atom is -0.454 e. The fourth-order valence-corrected chi connectivity index (χ4v) is 1.50. The molecule has 1 aromatic rings. The Morgan fingerprint density at radius 3 is 2.93 bits per heavy atom. The third-order valence-corrected chi connectivity index (χ3v) is 2.32. The Hall–Kier alpha value is -1.73. The first-order chi connectivity index (χ1) is 7.33. The molecule has 2 rings (SSSR count). The maximum atomic E-state index is 8.90. The molecule has 1 atom stereocenters. The molecule has 78 valence electrons. The van der Waals surface area contributed by atoms with Gasteiger partial charge in [0.05, 0.1) is 18.6 Å². The van der Waals surface area contributed by atoms with E-state index >= 15 is 0 Å². The molecule has 0 fully saturated rings. The van der Waals surface area contributed by atoms with Crippen LogP contribution in [0, 0.1) is 17.2 Å². The number of benzene rings is 1. The summed E-state index contributed by atoms with van der Waals surface area (Å²) in [5.74, 6) is 1.09. The fourth-order valence-electron chi connectivity index (χ4n) is 1.50. The summed E-state index contributed by atoms with van der Waals surface area (Å²) in [6, 6.07) is 7.60. The van der Waals surface area contributed by atoms with Crippen molar-refractivity contribution in [3.8, 4) is 17.6 Å². The first kappa shape index (κ1) is 9.81. The van der Waals surface area contributed by atoms with Crippen LogP contribution in [0.1, 0.15) is 5.56 Å². The van der Waals surface area contributed by atoms with Crippen LogP contribution < -0.4 is 9.47 Å². The fraction of sp³-hybridized carbons (Fsp3) is 0.364. The van der Waals surface area contributed by atoms with Gasteiger partial charge in [0, 0.05) is 0 Å². The molecule has 1 aliphatic rings. The van der Waals surface area contributed by atoms with Crippen LogP contribution in [-0.2, 0) is 6.42 Å². The predicted octanol–water partition coefficient (Wildman–Crippen LogP) is 1.09. The van der Waals surface area contributed by atoms with Gasteiger partial charge in [-0.1, -0.05) is 6.07 Å². The van der Waals surface area contributed by atoms with Gasteiger partial charge in [0.1, 0.15) is 0 Å². The summed E-state index contributed by atoms with van der Waals surface area (Å²) in [7, 11) is 0. The lowest BCUT2D eigenvalue weighted by atomic mass is 10.0. The molecule has 1 N–H and O–H groups in total. The van der Waals surface area contributed by atoms with Crippen LogP contribution >= 0.6 is 0 Å². The molecule has 1 unspecified atom stereocenters. The predicted molar refractivity (Wildman–Crippen MR) is 52.5 cm³/mol. The van der Waals surface area contributed by atoms with Gasteiger partial charge in [-0.25, -0.2) is 0 Å². The van der Waals surface area contributed by atoms with E-state index in [1.807, 2.05) is 24.3 Å². The molecule has 0 radical (unpaired) electrons. The Kier molecular flexibility index (Phi) is 2.75. The van der Waals surface area contributed by atoms with Gasteiger partial charge < -0.3 is 14.6 Å². The van der Waals surface area contributed by atoms with Crippen LogP contribution in [0.15, 0.2) is 18.2 Å². The molecule has 0 amide bonds. The number of ether oxygens (including phenoxy) is 2. The highest BCUT2D eigenvalue weighted by atomic mass is 16.7. The van der Waals surface area contributed by atoms with Crippen molar-refractivity contribution in [1.29, 1.82) is 5.26 Å². The molecule has 0 spiro atoms. The first-order valence-electron chi connectivity index (χ1n) is 4.72. The summed E-state index contributed by atoms with van der Waals surface area (Å²) in [5, 5.41) is 17.6. The molecule has 0 saturated heterocycles. The third-order valence-electron chi connectivity index (χ3n) is 2.32. The maximum absolute atomic E-state index is 8.90. The molecule has 0 saturated carbocycles. The standard InChI is InChI=1S/C11H11NO3/c12-5-9(6-13)3-8-1-2-10-11(4-8)15-7-14-10/h1-2,4,9,13H,3,6-7H2. The number of aliphatic hydroxyl groups excluding tert-OH is 1. The number of nitriles is 1. The molecule has 0 bridgehead atoms. The van der Waals surface area contributed by atoms with Gasteiger partial charge in [0.25, 0.3) is 0 Å². The quantitative estimate of drug-likeness (QED) is 0.802. The molecular weight excluding hydrogens is 194 g/mol. The van der Waals surface area contributed by atoms with E-state index < -0.39 is 0 Å². The van der Waals surface area contributed by atoms with Crippen LogP contribution in [0.2, 0.25) is 0 Å². The zero-order chi connectivity index (χ0) is 10.7. The highest BCUT2D eigenvalue weighted by molar-refractivity contribution is 5.44. The second-order valence-electron chi connectivity index (χ2n) is 3.40. The summed E-state index contributed by atoms with van der Waals surface area (Å²) in [4.78, 5) is 0. The highest BCUT2D eigenvalue weighted by Crippen LogP contribution is 2.32. The number of rotatable bonds is 3. The van der Waals surface area contributed by atoms with E-state index in [9.17, 15) is 0 Å². The van der Waals surface area contributed by atoms with Gasteiger partial charge in [0.15, 0.2) is 11.5 Å². The van der Waals surface area contributed by atoms with Crippen molar-refractivity contribution in [1.82, 2.24) is 0 Å². The molecule has 15 heavy (non-hydrogen) atoms. The maximum Gasteiger partial charge on any atom is 0.231 e. The van der Waals surface area contributed by atoms with Crippen molar-refractivity contribution >= 4 is 0 Å². The molecule has 0 aliphatic carbocycles. The smallest absolute Gasteiger partial charge is 0.231 e. The van der Waals surface area contributed by atoms with Crippen molar-refractivity contribution < 1.29 is 14.6 Å². The monoisotopic (exact) mass is 205 g/mol. The summed E-state index contributed by atoms with van der Waals surface area (Å²) < 4.78 is 10.4. The number of nitrogens with zero attached hydrogens (tertiary/aromatic N) is 1. The van der Waals surface area contributed by atoms with Crippen molar-refractivity contribution in [2.45, 2.75) is 6.42 Å². The van der Waals surface area contributed by atoms with E-state index in [1.165, 1.54) is 0 Å². The molecule has 4 nitrogen and oxygen atoms in total. The van der Waals surface area contributed by atoms with Crippen molar-refractivity contribution in [2.75, 3.05) is 13.4 Å². The molecule has 1 aromatic carbocycles. The van der Waals surface area contributed by atoms with Crippen LogP contribution in [0.25, 0.3) is 0 Å². The van der Waals surface area contributed by atoms with Crippen molar-refractivity contribution in [3.05, 3.63) is 23.8 Å². The second-order valence-corrected chi connectivity index (χ2v) is 3.40. The lowest BCUT2D eigenvalue weighted by Gasteiger charge is -2.05. The average Bonchev–Trinajstić information content (AvgIpc) is 2.73. The molecule has 0 aromatic heterocycles. The third kappa shape index (κ3) is 2.03. The Labute approximate surface area is 87.7 Å². The normalized spacial score (nSPS) is 14.7. The van der Waals surface area contributed by atoms with Gasteiger partial charge in [-0.3, -0.25) is 0 Å². The number of hydrogen-bond acceptors (Lipinski definition) is 4. The van der Waals surface area contributed by atoms with E-state index in [4.69, 9.17) is 19.8 Å². The van der Waals surface area contributed by atoms with Crippen molar-refractivity contribution in [3.63, 3.8) is 0 Å². The molecule has 4 heteroatoms. The van der Waals surface area contributed by atoms with E-state index in [2.05, 4.69) is 0 Å². The minimum atomic E-state index is -0.356. The van der Waals surface area contributed by atoms with Gasteiger partial charge in [-0.15, -0.1) is 0 Å². The van der Waals surface area contributed by atoms with Gasteiger partial charge in [-0.05, 0) is 24.1 Å². The van der Waals surface area contributed by atoms with Crippen LogP contribution in [0.4, 0.5) is 0 Å². The lowest BCUT2D eigenvalue weighted by Crippen LogP contribution is -2.06.